The quantitative estimate of drug-likeness (QED) is 0.860. The Hall–Kier alpha value is -1.60. The smallest absolute Gasteiger partial charge is 0.343 e. The molecule has 96 valence electrons. The van der Waals surface area contributed by atoms with Crippen molar-refractivity contribution in [2.45, 2.75) is 37.2 Å². The summed E-state index contributed by atoms with van der Waals surface area (Å²) in [5.41, 5.74) is 1.50. The zero-order chi connectivity index (χ0) is 13.1. The largest absolute Gasteiger partial charge is 0.392 e. The van der Waals surface area contributed by atoms with Gasteiger partial charge in [-0.1, -0.05) is 0 Å². The standard InChI is InChI=1S/C11H14N4O2S/c1-3-15-10(17)13-14-11(15)18-9-7(2)4-8(6-16)5-12-9/h4-5,16H,3,6H2,1-2H3,(H,13,17). The van der Waals surface area contributed by atoms with E-state index in [0.29, 0.717) is 11.7 Å². The van der Waals surface area contributed by atoms with Crippen LogP contribution in [0.25, 0.3) is 0 Å². The van der Waals surface area contributed by atoms with Crippen LogP contribution in [-0.2, 0) is 13.2 Å². The number of H-pyrrole nitrogens is 1. The number of hydrogen-bond acceptors (Lipinski definition) is 5. The molecule has 0 aliphatic heterocycles. The Kier molecular flexibility index (Phi) is 3.83. The van der Waals surface area contributed by atoms with Crippen LogP contribution >= 0.6 is 11.8 Å². The second-order valence-corrected chi connectivity index (χ2v) is 4.74. The first kappa shape index (κ1) is 12.8. The minimum absolute atomic E-state index is 0.0269. The monoisotopic (exact) mass is 266 g/mol. The van der Waals surface area contributed by atoms with Crippen molar-refractivity contribution in [3.63, 3.8) is 0 Å². The van der Waals surface area contributed by atoms with Crippen molar-refractivity contribution in [3.8, 4) is 0 Å². The first-order valence-electron chi connectivity index (χ1n) is 5.55. The first-order valence-corrected chi connectivity index (χ1v) is 6.36. The van der Waals surface area contributed by atoms with Crippen LogP contribution in [0.4, 0.5) is 0 Å². The minimum Gasteiger partial charge on any atom is -0.392 e. The lowest BCUT2D eigenvalue weighted by Gasteiger charge is -2.05. The van der Waals surface area contributed by atoms with Crippen LogP contribution in [0.3, 0.4) is 0 Å². The van der Waals surface area contributed by atoms with Gasteiger partial charge in [0, 0.05) is 12.7 Å². The van der Waals surface area contributed by atoms with Gasteiger partial charge in [0.05, 0.1) is 6.61 Å². The predicted molar refractivity (Wildman–Crippen MR) is 67.5 cm³/mol. The van der Waals surface area contributed by atoms with Gasteiger partial charge >= 0.3 is 5.69 Å². The molecule has 0 bridgehead atoms. The first-order chi connectivity index (χ1) is 8.65. The van der Waals surface area contributed by atoms with Crippen LogP contribution in [-0.4, -0.2) is 24.9 Å². The Balaban J connectivity index is 2.31. The van der Waals surface area contributed by atoms with Gasteiger partial charge in [-0.25, -0.2) is 14.9 Å². The summed E-state index contributed by atoms with van der Waals surface area (Å²) >= 11 is 1.33. The fourth-order valence-electron chi connectivity index (χ4n) is 1.56. The van der Waals surface area contributed by atoms with E-state index < -0.39 is 0 Å². The zero-order valence-electron chi connectivity index (χ0n) is 10.2. The maximum absolute atomic E-state index is 11.4. The summed E-state index contributed by atoms with van der Waals surface area (Å²) in [6.07, 6.45) is 1.62. The van der Waals surface area contributed by atoms with Crippen LogP contribution in [0.2, 0.25) is 0 Å². The number of hydrogen-bond donors (Lipinski definition) is 2. The molecule has 0 unspecified atom stereocenters. The minimum atomic E-state index is -0.218. The van der Waals surface area contributed by atoms with Gasteiger partial charge in [-0.3, -0.25) is 4.57 Å². The highest BCUT2D eigenvalue weighted by Crippen LogP contribution is 2.26. The van der Waals surface area contributed by atoms with Crippen LogP contribution in [0, 0.1) is 6.92 Å². The van der Waals surface area contributed by atoms with E-state index in [9.17, 15) is 4.79 Å². The van der Waals surface area contributed by atoms with Crippen molar-refractivity contribution in [1.82, 2.24) is 19.7 Å². The van der Waals surface area contributed by atoms with Crippen molar-refractivity contribution in [1.29, 1.82) is 0 Å². The summed E-state index contributed by atoms with van der Waals surface area (Å²) in [4.78, 5) is 15.7. The third-order valence-electron chi connectivity index (χ3n) is 2.50. The van der Waals surface area contributed by atoms with Crippen molar-refractivity contribution in [2.75, 3.05) is 0 Å². The molecule has 0 saturated carbocycles. The second-order valence-electron chi connectivity index (χ2n) is 3.78. The van der Waals surface area contributed by atoms with Gasteiger partial charge in [0.2, 0.25) is 0 Å². The highest BCUT2D eigenvalue weighted by atomic mass is 32.2. The highest BCUT2D eigenvalue weighted by molar-refractivity contribution is 7.99. The second kappa shape index (κ2) is 5.36. The summed E-state index contributed by atoms with van der Waals surface area (Å²) < 4.78 is 1.55. The van der Waals surface area contributed by atoms with E-state index in [1.54, 1.807) is 10.8 Å². The number of aromatic nitrogens is 4. The Bertz CT molecular complexity index is 605. The number of aryl methyl sites for hydroxylation is 1. The zero-order valence-corrected chi connectivity index (χ0v) is 11.0. The van der Waals surface area contributed by atoms with Gasteiger partial charge in [-0.15, -0.1) is 5.10 Å². The summed E-state index contributed by atoms with van der Waals surface area (Å²) in [6, 6.07) is 1.87. The maximum Gasteiger partial charge on any atom is 0.343 e. The SMILES string of the molecule is CCn1c(Sc2ncc(CO)cc2C)n[nH]c1=O. The molecule has 0 fully saturated rings. The molecule has 0 atom stereocenters. The van der Waals surface area contributed by atoms with E-state index in [2.05, 4.69) is 15.2 Å². The normalized spacial score (nSPS) is 10.8. The molecule has 2 N–H and O–H groups in total. The van der Waals surface area contributed by atoms with Gasteiger partial charge in [0.15, 0.2) is 5.16 Å². The predicted octanol–water partition coefficient (Wildman–Crippen LogP) is 0.938. The van der Waals surface area contributed by atoms with Crippen LogP contribution in [0.15, 0.2) is 27.2 Å². The average Bonchev–Trinajstić information content (AvgIpc) is 2.72. The fourth-order valence-corrected chi connectivity index (χ4v) is 2.47. The maximum atomic E-state index is 11.4. The molecule has 2 rings (SSSR count). The highest BCUT2D eigenvalue weighted by Gasteiger charge is 2.11. The number of aromatic amines is 1. The van der Waals surface area contributed by atoms with Crippen LogP contribution < -0.4 is 5.69 Å². The molecule has 0 saturated heterocycles. The third-order valence-corrected chi connectivity index (χ3v) is 3.61. The van der Waals surface area contributed by atoms with E-state index in [0.717, 1.165) is 16.2 Å². The van der Waals surface area contributed by atoms with Crippen LogP contribution in [0.5, 0.6) is 0 Å². The molecule has 0 amide bonds. The molecule has 6 nitrogen and oxygen atoms in total. The molecular formula is C11H14N4O2S. The van der Waals surface area contributed by atoms with Gasteiger partial charge in [0.25, 0.3) is 0 Å². The lowest BCUT2D eigenvalue weighted by Crippen LogP contribution is -2.16. The van der Waals surface area contributed by atoms with Gasteiger partial charge in [-0.2, -0.15) is 0 Å². The molecule has 2 aromatic rings. The fraction of sp³-hybridized carbons (Fsp3) is 0.364. The number of nitrogens with one attached hydrogen (secondary N) is 1. The third kappa shape index (κ3) is 2.46. The summed E-state index contributed by atoms with van der Waals surface area (Å²) in [7, 11) is 0. The van der Waals surface area contributed by atoms with Crippen molar-refractivity contribution >= 4 is 11.8 Å². The van der Waals surface area contributed by atoms with Crippen molar-refractivity contribution < 1.29 is 5.11 Å². The molecule has 2 aromatic heterocycles. The van der Waals surface area contributed by atoms with Crippen molar-refractivity contribution in [3.05, 3.63) is 33.9 Å². The van der Waals surface area contributed by atoms with E-state index in [1.165, 1.54) is 11.8 Å². The average molecular weight is 266 g/mol. The molecule has 2 heterocycles. The van der Waals surface area contributed by atoms with E-state index in [-0.39, 0.29) is 12.3 Å². The Morgan fingerprint density at radius 3 is 2.94 bits per heavy atom. The summed E-state index contributed by atoms with van der Waals surface area (Å²) in [5.74, 6) is 0. The van der Waals surface area contributed by atoms with Crippen LogP contribution in [0.1, 0.15) is 18.1 Å². The lowest BCUT2D eigenvalue weighted by atomic mass is 10.2. The molecule has 0 radical (unpaired) electrons. The lowest BCUT2D eigenvalue weighted by molar-refractivity contribution is 0.281. The Labute approximate surface area is 108 Å². The number of rotatable bonds is 4. The van der Waals surface area contributed by atoms with E-state index in [1.807, 2.05) is 19.9 Å². The molecule has 0 aliphatic carbocycles. The molecule has 18 heavy (non-hydrogen) atoms. The summed E-state index contributed by atoms with van der Waals surface area (Å²) in [6.45, 7) is 4.33. The van der Waals surface area contributed by atoms with Gasteiger partial charge in [0.1, 0.15) is 5.03 Å². The molecule has 0 aliphatic rings. The molecule has 7 heteroatoms. The van der Waals surface area contributed by atoms with E-state index in [4.69, 9.17) is 5.11 Å². The number of aliphatic hydroxyl groups excluding tert-OH is 1. The number of aliphatic hydroxyl groups is 1. The number of pyridine rings is 1. The molecule has 0 spiro atoms. The summed E-state index contributed by atoms with van der Waals surface area (Å²) in [5, 5.41) is 16.8. The molecular weight excluding hydrogens is 252 g/mol. The van der Waals surface area contributed by atoms with Crippen molar-refractivity contribution in [2.24, 2.45) is 0 Å². The Morgan fingerprint density at radius 1 is 1.56 bits per heavy atom. The topological polar surface area (TPSA) is 83.8 Å². The molecule has 0 aromatic carbocycles. The van der Waals surface area contributed by atoms with Gasteiger partial charge < -0.3 is 5.11 Å². The van der Waals surface area contributed by atoms with Gasteiger partial charge in [-0.05, 0) is 42.8 Å². The van der Waals surface area contributed by atoms with E-state index >= 15 is 0 Å². The number of nitrogens with zero attached hydrogens (tertiary/aromatic N) is 3. The Morgan fingerprint density at radius 2 is 2.33 bits per heavy atom.